The minimum absolute atomic E-state index is 0.197. The highest BCUT2D eigenvalue weighted by Gasteiger charge is 2.28. The van der Waals surface area contributed by atoms with E-state index in [1.807, 2.05) is 32.0 Å². The summed E-state index contributed by atoms with van der Waals surface area (Å²) in [5, 5.41) is 5.81. The molecule has 0 aromatic heterocycles. The number of amides is 1. The number of ether oxygens (including phenoxy) is 1. The van der Waals surface area contributed by atoms with Gasteiger partial charge in [-0.15, -0.1) is 0 Å². The van der Waals surface area contributed by atoms with E-state index in [1.54, 1.807) is 19.2 Å². The van der Waals surface area contributed by atoms with Crippen LogP contribution in [0.4, 0.5) is 18.9 Å². The predicted octanol–water partition coefficient (Wildman–Crippen LogP) is 5.51. The number of allylic oxidation sites excluding steroid dienone is 1. The number of carbonyl (C=O) groups is 2. The molecule has 0 saturated heterocycles. The van der Waals surface area contributed by atoms with Crippen LogP contribution >= 0.6 is 0 Å². The van der Waals surface area contributed by atoms with Crippen molar-refractivity contribution in [3.05, 3.63) is 100 Å². The van der Waals surface area contributed by atoms with E-state index in [4.69, 9.17) is 4.74 Å². The molecule has 4 rings (SSSR count). The van der Waals surface area contributed by atoms with Gasteiger partial charge in [0, 0.05) is 40.2 Å². The molecule has 1 aliphatic heterocycles. The van der Waals surface area contributed by atoms with Crippen LogP contribution in [0.25, 0.3) is 5.70 Å². The van der Waals surface area contributed by atoms with Crippen molar-refractivity contribution >= 4 is 23.1 Å². The Kier molecular flexibility index (Phi) is 6.39. The third-order valence-corrected chi connectivity index (χ3v) is 5.65. The number of anilines is 1. The van der Waals surface area contributed by atoms with E-state index in [-0.39, 0.29) is 22.6 Å². The van der Waals surface area contributed by atoms with Gasteiger partial charge in [-0.3, -0.25) is 9.59 Å². The van der Waals surface area contributed by atoms with Crippen molar-refractivity contribution in [3.63, 3.8) is 0 Å². The number of ketones is 1. The molecule has 5 nitrogen and oxygen atoms in total. The van der Waals surface area contributed by atoms with Crippen molar-refractivity contribution < 1.29 is 27.5 Å². The highest BCUT2D eigenvalue weighted by Crippen LogP contribution is 2.32. The number of hydrogen-bond donors (Lipinski definition) is 2. The standard InChI is InChI=1S/C27H23F3N2O3/c1-27(2)14-16-7-8-18(35-3)10-19(16)24(32-27)13-25(33)15-5-4-6-17(9-15)31-26(34)20-11-22(29)23(30)12-21(20)28/h4-13,32H,14H2,1-3H3,(H,31,34). The first-order chi connectivity index (χ1) is 16.6. The van der Waals surface area contributed by atoms with Gasteiger partial charge in [-0.25, -0.2) is 13.2 Å². The molecule has 2 N–H and O–H groups in total. The summed E-state index contributed by atoms with van der Waals surface area (Å²) in [5.74, 6) is -4.56. The molecule has 0 spiro atoms. The van der Waals surface area contributed by atoms with E-state index < -0.39 is 28.9 Å². The number of benzene rings is 3. The van der Waals surface area contributed by atoms with Crippen LogP contribution < -0.4 is 15.4 Å². The molecule has 1 aliphatic rings. The second-order valence-corrected chi connectivity index (χ2v) is 8.91. The quantitative estimate of drug-likeness (QED) is 0.287. The Balaban J connectivity index is 1.61. The molecule has 1 amide bonds. The maximum Gasteiger partial charge on any atom is 0.258 e. The Hall–Kier alpha value is -4.07. The number of nitrogens with one attached hydrogen (secondary N) is 2. The number of methoxy groups -OCH3 is 1. The van der Waals surface area contributed by atoms with Crippen LogP contribution in [-0.2, 0) is 6.42 Å². The highest BCUT2D eigenvalue weighted by atomic mass is 19.2. The Morgan fingerprint density at radius 3 is 2.49 bits per heavy atom. The monoisotopic (exact) mass is 480 g/mol. The first-order valence-corrected chi connectivity index (χ1v) is 10.8. The number of hydrogen-bond acceptors (Lipinski definition) is 4. The van der Waals surface area contributed by atoms with Gasteiger partial charge in [0.2, 0.25) is 0 Å². The maximum absolute atomic E-state index is 13.9. The fraction of sp³-hybridized carbons (Fsp3) is 0.185. The summed E-state index contributed by atoms with van der Waals surface area (Å²) in [5.41, 5.74) is 2.11. The van der Waals surface area contributed by atoms with Gasteiger partial charge in [0.1, 0.15) is 11.6 Å². The first kappa shape index (κ1) is 24.1. The van der Waals surface area contributed by atoms with Crippen LogP contribution in [0.15, 0.2) is 60.7 Å². The summed E-state index contributed by atoms with van der Waals surface area (Å²) in [7, 11) is 1.57. The maximum atomic E-state index is 13.9. The first-order valence-electron chi connectivity index (χ1n) is 10.8. The molecular formula is C27H23F3N2O3. The highest BCUT2D eigenvalue weighted by molar-refractivity contribution is 6.10. The molecule has 0 bridgehead atoms. The van der Waals surface area contributed by atoms with Crippen molar-refractivity contribution in [2.75, 3.05) is 12.4 Å². The van der Waals surface area contributed by atoms with Gasteiger partial charge in [-0.1, -0.05) is 18.2 Å². The molecule has 3 aromatic carbocycles. The molecule has 0 aliphatic carbocycles. The molecule has 35 heavy (non-hydrogen) atoms. The zero-order chi connectivity index (χ0) is 25.3. The molecular weight excluding hydrogens is 457 g/mol. The minimum Gasteiger partial charge on any atom is -0.497 e. The van der Waals surface area contributed by atoms with Gasteiger partial charge in [-0.2, -0.15) is 0 Å². The lowest BCUT2D eigenvalue weighted by molar-refractivity contribution is 0.101. The Morgan fingerprint density at radius 1 is 1.00 bits per heavy atom. The third-order valence-electron chi connectivity index (χ3n) is 5.65. The predicted molar refractivity (Wildman–Crippen MR) is 127 cm³/mol. The molecule has 8 heteroatoms. The average molecular weight is 480 g/mol. The lowest BCUT2D eigenvalue weighted by atomic mass is 9.85. The summed E-state index contributed by atoms with van der Waals surface area (Å²) in [4.78, 5) is 25.5. The summed E-state index contributed by atoms with van der Waals surface area (Å²) in [6.07, 6.45) is 2.25. The molecule has 0 fully saturated rings. The van der Waals surface area contributed by atoms with Crippen LogP contribution in [-0.4, -0.2) is 24.3 Å². The average Bonchev–Trinajstić information content (AvgIpc) is 2.80. The van der Waals surface area contributed by atoms with Crippen LogP contribution in [0.1, 0.15) is 45.7 Å². The summed E-state index contributed by atoms with van der Waals surface area (Å²) in [6.45, 7) is 4.07. The number of carbonyl (C=O) groups excluding carboxylic acids is 2. The fourth-order valence-electron chi connectivity index (χ4n) is 4.01. The lowest BCUT2D eigenvalue weighted by Gasteiger charge is -2.35. The zero-order valence-electron chi connectivity index (χ0n) is 19.3. The van der Waals surface area contributed by atoms with Gasteiger partial charge in [0.05, 0.1) is 12.7 Å². The SMILES string of the molecule is COc1ccc2c(c1)C(=CC(=O)c1cccc(NC(=O)c3cc(F)c(F)cc3F)c1)NC(C)(C)C2. The van der Waals surface area contributed by atoms with Crippen molar-refractivity contribution in [3.8, 4) is 5.75 Å². The molecule has 3 aromatic rings. The van der Waals surface area contributed by atoms with E-state index in [9.17, 15) is 22.8 Å². The van der Waals surface area contributed by atoms with E-state index in [2.05, 4.69) is 10.6 Å². The van der Waals surface area contributed by atoms with E-state index in [0.29, 0.717) is 23.6 Å². The fourth-order valence-corrected chi connectivity index (χ4v) is 4.01. The molecule has 0 saturated carbocycles. The molecule has 180 valence electrons. The van der Waals surface area contributed by atoms with Crippen LogP contribution in [0, 0.1) is 17.5 Å². The van der Waals surface area contributed by atoms with Crippen molar-refractivity contribution in [2.45, 2.75) is 25.8 Å². The van der Waals surface area contributed by atoms with Gasteiger partial charge in [-0.05, 0) is 56.2 Å². The normalized spacial score (nSPS) is 15.2. The molecule has 0 atom stereocenters. The van der Waals surface area contributed by atoms with E-state index in [1.165, 1.54) is 18.2 Å². The van der Waals surface area contributed by atoms with E-state index >= 15 is 0 Å². The Morgan fingerprint density at radius 2 is 1.74 bits per heavy atom. The second kappa shape index (κ2) is 9.29. The van der Waals surface area contributed by atoms with Crippen LogP contribution in [0.2, 0.25) is 0 Å². The number of fused-ring (bicyclic) bond motifs is 1. The Labute approximate surface area is 200 Å². The molecule has 1 heterocycles. The van der Waals surface area contributed by atoms with Crippen LogP contribution in [0.5, 0.6) is 5.75 Å². The van der Waals surface area contributed by atoms with Gasteiger partial charge in [0.25, 0.3) is 5.91 Å². The topological polar surface area (TPSA) is 67.4 Å². The Bertz CT molecular complexity index is 1370. The lowest BCUT2D eigenvalue weighted by Crippen LogP contribution is -2.43. The largest absolute Gasteiger partial charge is 0.497 e. The molecule has 0 unspecified atom stereocenters. The summed E-state index contributed by atoms with van der Waals surface area (Å²) in [6, 6.07) is 12.6. The summed E-state index contributed by atoms with van der Waals surface area (Å²) >= 11 is 0. The van der Waals surface area contributed by atoms with Crippen molar-refractivity contribution in [2.24, 2.45) is 0 Å². The zero-order valence-corrected chi connectivity index (χ0v) is 19.3. The number of halogens is 3. The van der Waals surface area contributed by atoms with Crippen LogP contribution in [0.3, 0.4) is 0 Å². The second-order valence-electron chi connectivity index (χ2n) is 8.91. The van der Waals surface area contributed by atoms with Gasteiger partial charge >= 0.3 is 0 Å². The summed E-state index contributed by atoms with van der Waals surface area (Å²) < 4.78 is 45.9. The third kappa shape index (κ3) is 5.21. The smallest absolute Gasteiger partial charge is 0.258 e. The molecule has 0 radical (unpaired) electrons. The minimum atomic E-state index is -1.39. The van der Waals surface area contributed by atoms with E-state index in [0.717, 1.165) is 17.5 Å². The van der Waals surface area contributed by atoms with Gasteiger partial charge < -0.3 is 15.4 Å². The van der Waals surface area contributed by atoms with Crippen molar-refractivity contribution in [1.82, 2.24) is 5.32 Å². The van der Waals surface area contributed by atoms with Gasteiger partial charge in [0.15, 0.2) is 17.4 Å². The van der Waals surface area contributed by atoms with Crippen molar-refractivity contribution in [1.29, 1.82) is 0 Å². The number of rotatable bonds is 5.